The average Bonchev–Trinajstić information content (AvgIpc) is 1.37. The molecule has 0 rings (SSSR count). The zero-order valence-electron chi connectivity index (χ0n) is 2.65. The van der Waals surface area contributed by atoms with E-state index in [4.69, 9.17) is 7.98 Å². The van der Waals surface area contributed by atoms with Crippen molar-refractivity contribution >= 4 is 15.4 Å². The van der Waals surface area contributed by atoms with Crippen LogP contribution in [0.2, 0.25) is 6.82 Å². The van der Waals surface area contributed by atoms with Crippen molar-refractivity contribution in [1.29, 1.82) is 0 Å². The fraction of sp³-hybridized carbons (Fsp3) is 1.00. The lowest BCUT2D eigenvalue weighted by Crippen LogP contribution is -2.08. The van der Waals surface area contributed by atoms with E-state index in [2.05, 4.69) is 5.14 Å². The normalized spacial score (nSPS) is 6.25. The fourth-order valence-corrected chi connectivity index (χ4v) is 0. The van der Waals surface area contributed by atoms with Crippen LogP contribution in [0, 0.1) is 0 Å². The zero-order chi connectivity index (χ0) is 3.41. The molecule has 0 unspecified atom stereocenters. The summed E-state index contributed by atoms with van der Waals surface area (Å²) in [4.78, 5) is 0. The maximum atomic E-state index is 4.72. The van der Waals surface area contributed by atoms with E-state index in [0.717, 1.165) is 0 Å². The summed E-state index contributed by atoms with van der Waals surface area (Å²) >= 11 is 0. The van der Waals surface area contributed by atoms with Crippen LogP contribution in [0.3, 0.4) is 0 Å². The van der Waals surface area contributed by atoms with Crippen LogP contribution in [-0.2, 0) is 0 Å². The van der Waals surface area contributed by atoms with Crippen molar-refractivity contribution in [3.05, 3.63) is 0 Å². The van der Waals surface area contributed by atoms with Crippen molar-refractivity contribution in [3.8, 4) is 0 Å². The van der Waals surface area contributed by atoms with E-state index < -0.39 is 0 Å². The first-order valence-corrected chi connectivity index (χ1v) is 1.15. The highest BCUT2D eigenvalue weighted by Gasteiger charge is 1.58. The number of hydrogen-bond acceptors (Lipinski definition) is 1. The molecule has 0 aliphatic rings. The van der Waals surface area contributed by atoms with Gasteiger partial charge in [0.1, 0.15) is 0 Å². The Morgan fingerprint density at radius 1 is 2.00 bits per heavy atom. The van der Waals surface area contributed by atoms with Crippen molar-refractivity contribution in [3.63, 3.8) is 0 Å². The van der Waals surface area contributed by atoms with Crippen molar-refractivity contribution in [1.82, 2.24) is 5.14 Å². The Balaban J connectivity index is 1.97. The second-order valence-electron chi connectivity index (χ2n) is 0.455. The van der Waals surface area contributed by atoms with Crippen LogP contribution in [0.15, 0.2) is 0 Å². The van der Waals surface area contributed by atoms with Crippen LogP contribution < -0.4 is 5.14 Å². The molecule has 19 valence electrons. The topological polar surface area (TPSA) is 12.0 Å². The molecule has 0 aromatic heterocycles. The van der Waals surface area contributed by atoms with Gasteiger partial charge in [-0.05, 0) is 0 Å². The van der Waals surface area contributed by atoms with Gasteiger partial charge in [0.05, 0.1) is 0 Å². The van der Waals surface area contributed by atoms with E-state index in [1.807, 2.05) is 6.82 Å². The van der Waals surface area contributed by atoms with Crippen LogP contribution in [0.25, 0.3) is 0 Å². The van der Waals surface area contributed by atoms with Crippen molar-refractivity contribution < 1.29 is 0 Å². The molecule has 0 aromatic rings. The number of nitrogens with one attached hydrogen (secondary N) is 1. The van der Waals surface area contributed by atoms with Gasteiger partial charge < -0.3 is 5.14 Å². The number of rotatable bonds is 1. The zero-order valence-corrected chi connectivity index (χ0v) is 2.65. The Kier molecular flexibility index (Phi) is 3.16. The lowest BCUT2D eigenvalue weighted by Gasteiger charge is -1.72. The molecule has 3 heteroatoms. The summed E-state index contributed by atoms with van der Waals surface area (Å²) in [5, 5.41) is 2.31. The first-order chi connectivity index (χ1) is 1.91. The van der Waals surface area contributed by atoms with Crippen LogP contribution in [-0.4, -0.2) is 15.4 Å². The molecule has 1 N–H and O–H groups in total. The van der Waals surface area contributed by atoms with Crippen LogP contribution in [0.1, 0.15) is 0 Å². The fourth-order valence-electron chi connectivity index (χ4n) is 0. The molecule has 0 saturated heterocycles. The van der Waals surface area contributed by atoms with Gasteiger partial charge in [-0.2, -0.15) is 0 Å². The van der Waals surface area contributed by atoms with Gasteiger partial charge in [-0.15, -0.1) is 0 Å². The van der Waals surface area contributed by atoms with Crippen molar-refractivity contribution in [2.24, 2.45) is 0 Å². The third-order valence-corrected chi connectivity index (χ3v) is 0.167. The van der Waals surface area contributed by atoms with E-state index in [-0.39, 0.29) is 0 Å². The molecular formula is CH4B2N. The molecule has 0 saturated carbocycles. The SMILES string of the molecule is [B]N[B]C. The average molecular weight is 51.7 g/mol. The first kappa shape index (κ1) is 4.09. The van der Waals surface area contributed by atoms with Crippen LogP contribution in [0.5, 0.6) is 0 Å². The Morgan fingerprint density at radius 2 is 2.25 bits per heavy atom. The molecule has 1 nitrogen and oxygen atoms in total. The van der Waals surface area contributed by atoms with E-state index >= 15 is 0 Å². The minimum Gasteiger partial charge on any atom is -0.413 e. The molecule has 0 atom stereocenters. The predicted molar refractivity (Wildman–Crippen MR) is 20.5 cm³/mol. The molecule has 0 aromatic carbocycles. The van der Waals surface area contributed by atoms with Gasteiger partial charge in [0.2, 0.25) is 0 Å². The molecule has 0 bridgehead atoms. The third-order valence-electron chi connectivity index (χ3n) is 0.167. The minimum absolute atomic E-state index is 1.65. The van der Waals surface area contributed by atoms with Gasteiger partial charge in [-0.25, -0.2) is 0 Å². The Hall–Kier alpha value is 0.0899. The minimum atomic E-state index is 1.65. The second kappa shape index (κ2) is 3.09. The molecule has 0 aliphatic carbocycles. The Labute approximate surface area is 28.5 Å². The van der Waals surface area contributed by atoms with Crippen molar-refractivity contribution in [2.45, 2.75) is 6.82 Å². The highest BCUT2D eigenvalue weighted by Crippen LogP contribution is 1.28. The highest BCUT2D eigenvalue weighted by molar-refractivity contribution is 6.40. The van der Waals surface area contributed by atoms with E-state index in [9.17, 15) is 0 Å². The number of hydrogen-bond donors (Lipinski definition) is 1. The van der Waals surface area contributed by atoms with Crippen molar-refractivity contribution in [2.75, 3.05) is 0 Å². The van der Waals surface area contributed by atoms with E-state index in [0.29, 0.717) is 0 Å². The molecule has 0 aliphatic heterocycles. The predicted octanol–water partition coefficient (Wildman–Crippen LogP) is -0.673. The summed E-state index contributed by atoms with van der Waals surface area (Å²) in [7, 11) is 6.38. The van der Waals surface area contributed by atoms with E-state index in [1.54, 1.807) is 7.41 Å². The summed E-state index contributed by atoms with van der Waals surface area (Å²) in [6.45, 7) is 1.82. The smallest absolute Gasteiger partial charge is 0.188 e. The lowest BCUT2D eigenvalue weighted by molar-refractivity contribution is 1.62. The quantitative estimate of drug-likeness (QED) is 0.390. The molecule has 0 amide bonds. The van der Waals surface area contributed by atoms with Gasteiger partial charge in [-0.3, -0.25) is 0 Å². The molecule has 0 fully saturated rings. The Morgan fingerprint density at radius 3 is 2.25 bits per heavy atom. The largest absolute Gasteiger partial charge is 0.413 e. The summed E-state index contributed by atoms with van der Waals surface area (Å²) in [5.74, 6) is 0. The van der Waals surface area contributed by atoms with Crippen LogP contribution >= 0.6 is 0 Å². The standard InChI is InChI=1S/CH4B2N/c1-3-4-2/h4H,1H3. The summed E-state index contributed by atoms with van der Waals surface area (Å²) in [6.07, 6.45) is 0. The van der Waals surface area contributed by atoms with Gasteiger partial charge in [0, 0.05) is 0 Å². The molecule has 0 heterocycles. The second-order valence-corrected chi connectivity index (χ2v) is 0.455. The van der Waals surface area contributed by atoms with Gasteiger partial charge >= 0.3 is 0 Å². The van der Waals surface area contributed by atoms with Gasteiger partial charge in [0.25, 0.3) is 0 Å². The molecule has 4 heavy (non-hydrogen) atoms. The molecular weight excluding hydrogens is 47.6 g/mol. The Bertz CT molecular complexity index is 8.00. The highest BCUT2D eigenvalue weighted by atomic mass is 14.6. The molecule has 0 spiro atoms. The van der Waals surface area contributed by atoms with E-state index in [1.165, 1.54) is 0 Å². The monoisotopic (exact) mass is 52.1 g/mol. The van der Waals surface area contributed by atoms with Crippen LogP contribution in [0.4, 0.5) is 0 Å². The van der Waals surface area contributed by atoms with Gasteiger partial charge in [-0.1, -0.05) is 6.82 Å². The summed E-state index contributed by atoms with van der Waals surface area (Å²) in [6, 6.07) is 0. The van der Waals surface area contributed by atoms with Gasteiger partial charge in [0.15, 0.2) is 15.4 Å². The first-order valence-electron chi connectivity index (χ1n) is 1.15. The lowest BCUT2D eigenvalue weighted by atomic mass is 9.97. The third kappa shape index (κ3) is 2.09. The summed E-state index contributed by atoms with van der Waals surface area (Å²) < 4.78 is 0. The maximum Gasteiger partial charge on any atom is 0.188 e. The molecule has 3 radical (unpaired) electrons. The summed E-state index contributed by atoms with van der Waals surface area (Å²) in [5.41, 5.74) is 0. The maximum absolute atomic E-state index is 4.72.